The molecule has 1 saturated carbocycles. The predicted molar refractivity (Wildman–Crippen MR) is 92.0 cm³/mol. The van der Waals surface area contributed by atoms with E-state index in [2.05, 4.69) is 16.7 Å². The minimum atomic E-state index is -0.00329. The van der Waals surface area contributed by atoms with Crippen molar-refractivity contribution in [3.63, 3.8) is 0 Å². The summed E-state index contributed by atoms with van der Waals surface area (Å²) in [5.74, 6) is 0.946. The summed E-state index contributed by atoms with van der Waals surface area (Å²) in [5, 5.41) is 7.58. The topological polar surface area (TPSA) is 66.5 Å². The molecule has 2 aromatic rings. The van der Waals surface area contributed by atoms with Gasteiger partial charge in [-0.15, -0.1) is 0 Å². The quantitative estimate of drug-likeness (QED) is 0.832. The number of thiazole rings is 1. The summed E-state index contributed by atoms with van der Waals surface area (Å²) >= 11 is 1.62. The molecule has 6 nitrogen and oxygen atoms in total. The molecule has 2 amide bonds. The minimum Gasteiger partial charge on any atom is -0.493 e. The van der Waals surface area contributed by atoms with Crippen LogP contribution in [0.1, 0.15) is 24.8 Å². The lowest BCUT2D eigenvalue weighted by Gasteiger charge is -2.35. The van der Waals surface area contributed by atoms with Crippen LogP contribution in [0.3, 0.4) is 0 Å². The van der Waals surface area contributed by atoms with Crippen LogP contribution in [0.25, 0.3) is 10.2 Å². The maximum absolute atomic E-state index is 12.6. The van der Waals surface area contributed by atoms with Crippen molar-refractivity contribution in [3.8, 4) is 5.75 Å². The van der Waals surface area contributed by atoms with E-state index in [4.69, 9.17) is 9.72 Å². The van der Waals surface area contributed by atoms with Crippen LogP contribution in [-0.2, 0) is 6.42 Å². The predicted octanol–water partition coefficient (Wildman–Crippen LogP) is 2.02. The van der Waals surface area contributed by atoms with Gasteiger partial charge in [0.2, 0.25) is 0 Å². The van der Waals surface area contributed by atoms with Crippen molar-refractivity contribution < 1.29 is 9.53 Å². The second-order valence-electron chi connectivity index (χ2n) is 7.34. The summed E-state index contributed by atoms with van der Waals surface area (Å²) in [4.78, 5) is 19.4. The van der Waals surface area contributed by atoms with Gasteiger partial charge in [-0.1, -0.05) is 11.3 Å². The fourth-order valence-corrected chi connectivity index (χ4v) is 5.45. The molecule has 6 rings (SSSR count). The summed E-state index contributed by atoms with van der Waals surface area (Å²) in [6.07, 6.45) is 4.38. The number of piperidine rings is 1. The number of carbonyl (C=O) groups is 1. The number of ether oxygens (including phenoxy) is 1. The Hall–Kier alpha value is -1.86. The molecule has 0 radical (unpaired) electrons. The molecule has 2 saturated heterocycles. The number of nitrogens with one attached hydrogen (secondary N) is 2. The molecule has 1 aromatic carbocycles. The molecule has 1 aliphatic carbocycles. The average Bonchev–Trinajstić information content (AvgIpc) is 2.94. The number of anilines is 1. The zero-order valence-electron chi connectivity index (χ0n) is 13.2. The third kappa shape index (κ3) is 1.74. The minimum absolute atomic E-state index is 0.00329. The van der Waals surface area contributed by atoms with Gasteiger partial charge in [-0.2, -0.15) is 0 Å². The van der Waals surface area contributed by atoms with Gasteiger partial charge in [0.1, 0.15) is 5.75 Å². The fourth-order valence-electron chi connectivity index (χ4n) is 4.40. The van der Waals surface area contributed by atoms with Gasteiger partial charge in [0.15, 0.2) is 5.13 Å². The fraction of sp³-hybridized carbons (Fsp3) is 0.529. The Morgan fingerprint density at radius 1 is 1.38 bits per heavy atom. The number of benzene rings is 1. The van der Waals surface area contributed by atoms with E-state index in [0.29, 0.717) is 0 Å². The van der Waals surface area contributed by atoms with E-state index in [1.807, 2.05) is 11.0 Å². The lowest BCUT2D eigenvalue weighted by atomic mass is 9.94. The van der Waals surface area contributed by atoms with E-state index in [1.54, 1.807) is 11.3 Å². The Morgan fingerprint density at radius 2 is 2.29 bits per heavy atom. The number of fused-ring (bicyclic) bond motifs is 4. The highest BCUT2D eigenvalue weighted by atomic mass is 32.1. The molecule has 3 fully saturated rings. The van der Waals surface area contributed by atoms with Gasteiger partial charge in [-0.25, -0.2) is 9.78 Å². The highest BCUT2D eigenvalue weighted by Gasteiger charge is 2.54. The van der Waals surface area contributed by atoms with Crippen molar-refractivity contribution in [2.75, 3.05) is 18.1 Å². The first-order valence-corrected chi connectivity index (χ1v) is 9.44. The Balaban J connectivity index is 1.43. The number of nitrogens with zero attached hydrogens (tertiary/aromatic N) is 2. The third-order valence-corrected chi connectivity index (χ3v) is 6.92. The molecule has 4 aliphatic rings. The first-order chi connectivity index (χ1) is 11.7. The first kappa shape index (κ1) is 13.4. The second kappa shape index (κ2) is 4.40. The molecule has 124 valence electrons. The molecular formula is C17H18N4O2S. The van der Waals surface area contributed by atoms with Gasteiger partial charge in [0.05, 0.1) is 28.9 Å². The second-order valence-corrected chi connectivity index (χ2v) is 8.35. The van der Waals surface area contributed by atoms with Crippen LogP contribution in [0.4, 0.5) is 9.93 Å². The monoisotopic (exact) mass is 342 g/mol. The zero-order chi connectivity index (χ0) is 15.9. The van der Waals surface area contributed by atoms with E-state index in [0.717, 1.165) is 47.1 Å². The van der Waals surface area contributed by atoms with Crippen molar-refractivity contribution >= 4 is 32.7 Å². The van der Waals surface area contributed by atoms with Crippen molar-refractivity contribution in [2.24, 2.45) is 0 Å². The molecule has 3 aliphatic heterocycles. The van der Waals surface area contributed by atoms with Gasteiger partial charge in [-0.3, -0.25) is 4.90 Å². The Labute approximate surface area is 143 Å². The van der Waals surface area contributed by atoms with Gasteiger partial charge in [-0.05, 0) is 31.4 Å². The van der Waals surface area contributed by atoms with Gasteiger partial charge >= 0.3 is 6.03 Å². The maximum atomic E-state index is 12.6. The summed E-state index contributed by atoms with van der Waals surface area (Å²) in [7, 11) is 0. The summed E-state index contributed by atoms with van der Waals surface area (Å²) in [6, 6.07) is 4.49. The third-order valence-electron chi connectivity index (χ3n) is 5.90. The number of carbonyl (C=O) groups excluding carboxylic acids is 1. The molecule has 2 unspecified atom stereocenters. The SMILES string of the molecule is O=C1NC2CNC3(CC3)CC2N1c1nc2c3c(ccc2s1)OCC3. The van der Waals surface area contributed by atoms with Crippen LogP contribution >= 0.6 is 11.3 Å². The maximum Gasteiger partial charge on any atom is 0.324 e. The van der Waals surface area contributed by atoms with Crippen LogP contribution in [0, 0.1) is 0 Å². The molecule has 24 heavy (non-hydrogen) atoms. The molecule has 2 N–H and O–H groups in total. The van der Waals surface area contributed by atoms with E-state index < -0.39 is 0 Å². The van der Waals surface area contributed by atoms with Gasteiger partial charge in [0, 0.05) is 24.1 Å². The highest BCUT2D eigenvalue weighted by molar-refractivity contribution is 7.22. The average molecular weight is 342 g/mol. The summed E-state index contributed by atoms with van der Waals surface area (Å²) < 4.78 is 6.79. The van der Waals surface area contributed by atoms with Crippen LogP contribution in [-0.4, -0.2) is 41.8 Å². The number of hydrogen-bond acceptors (Lipinski definition) is 5. The number of aromatic nitrogens is 1. The number of amides is 2. The van der Waals surface area contributed by atoms with Crippen LogP contribution in [0.15, 0.2) is 12.1 Å². The standard InChI is InChI=1S/C17H18N4O2S/c22-15-19-10-8-18-17(4-5-17)7-11(10)21(15)16-20-14-9-3-6-23-12(9)1-2-13(14)24-16/h1-2,10-11,18H,3-8H2,(H,19,22). The van der Waals surface area contributed by atoms with Crippen molar-refractivity contribution in [1.29, 1.82) is 0 Å². The van der Waals surface area contributed by atoms with Crippen LogP contribution in [0.5, 0.6) is 5.75 Å². The number of rotatable bonds is 1. The van der Waals surface area contributed by atoms with E-state index >= 15 is 0 Å². The highest BCUT2D eigenvalue weighted by Crippen LogP contribution is 2.46. The smallest absolute Gasteiger partial charge is 0.324 e. The van der Waals surface area contributed by atoms with E-state index in [1.165, 1.54) is 18.4 Å². The molecule has 7 heteroatoms. The van der Waals surface area contributed by atoms with Crippen molar-refractivity contribution in [3.05, 3.63) is 17.7 Å². The van der Waals surface area contributed by atoms with Crippen LogP contribution in [0.2, 0.25) is 0 Å². The molecular weight excluding hydrogens is 324 g/mol. The van der Waals surface area contributed by atoms with Crippen molar-refractivity contribution in [2.45, 2.75) is 43.3 Å². The Bertz CT molecular complexity index is 875. The molecule has 1 aromatic heterocycles. The molecule has 1 spiro atoms. The van der Waals surface area contributed by atoms with Gasteiger partial charge < -0.3 is 15.4 Å². The number of urea groups is 1. The molecule has 2 atom stereocenters. The lowest BCUT2D eigenvalue weighted by molar-refractivity contribution is 0.250. The largest absolute Gasteiger partial charge is 0.493 e. The lowest BCUT2D eigenvalue weighted by Crippen LogP contribution is -2.55. The summed E-state index contributed by atoms with van der Waals surface area (Å²) in [5.41, 5.74) is 2.48. The zero-order valence-corrected chi connectivity index (χ0v) is 14.0. The van der Waals surface area contributed by atoms with E-state index in [-0.39, 0.29) is 23.7 Å². The Morgan fingerprint density at radius 3 is 3.17 bits per heavy atom. The molecule has 4 heterocycles. The van der Waals surface area contributed by atoms with Gasteiger partial charge in [0.25, 0.3) is 0 Å². The Kier molecular flexibility index (Phi) is 2.46. The summed E-state index contributed by atoms with van der Waals surface area (Å²) in [6.45, 7) is 1.59. The molecule has 0 bridgehead atoms. The first-order valence-electron chi connectivity index (χ1n) is 8.62. The normalized spacial score (nSPS) is 29.5. The number of hydrogen-bond donors (Lipinski definition) is 2. The van der Waals surface area contributed by atoms with Crippen molar-refractivity contribution in [1.82, 2.24) is 15.6 Å². The van der Waals surface area contributed by atoms with E-state index in [9.17, 15) is 4.79 Å². The van der Waals surface area contributed by atoms with Crippen LogP contribution < -0.4 is 20.3 Å².